The van der Waals surface area contributed by atoms with E-state index in [-0.39, 0.29) is 24.1 Å². The summed E-state index contributed by atoms with van der Waals surface area (Å²) in [6.45, 7) is 1.12. The van der Waals surface area contributed by atoms with Gasteiger partial charge in [-0.25, -0.2) is 0 Å². The van der Waals surface area contributed by atoms with E-state index < -0.39 is 17.8 Å². The van der Waals surface area contributed by atoms with E-state index in [1.165, 1.54) is 16.0 Å². The molecule has 178 valence electrons. The van der Waals surface area contributed by atoms with Crippen molar-refractivity contribution in [1.29, 1.82) is 0 Å². The maximum atomic E-state index is 13.5. The fourth-order valence-corrected chi connectivity index (χ4v) is 6.18. The van der Waals surface area contributed by atoms with Gasteiger partial charge in [-0.1, -0.05) is 0 Å². The largest absolute Gasteiger partial charge is 0.435 e. The Balaban J connectivity index is 1.39. The van der Waals surface area contributed by atoms with E-state index in [1.807, 2.05) is 0 Å². The topological polar surface area (TPSA) is 88.0 Å². The minimum atomic E-state index is -4.54. The third kappa shape index (κ3) is 4.40. The molecule has 1 fully saturated rings. The highest BCUT2D eigenvalue weighted by atomic mass is 32.1. The van der Waals surface area contributed by atoms with Crippen molar-refractivity contribution in [2.45, 2.75) is 70.1 Å². The van der Waals surface area contributed by atoms with Crippen molar-refractivity contribution in [3.05, 3.63) is 33.0 Å². The molecule has 1 aliphatic heterocycles. The first-order valence-corrected chi connectivity index (χ1v) is 12.2. The number of alkyl halides is 3. The van der Waals surface area contributed by atoms with Gasteiger partial charge in [0.15, 0.2) is 5.69 Å². The van der Waals surface area contributed by atoms with Gasteiger partial charge in [0.25, 0.3) is 5.91 Å². The maximum Gasteiger partial charge on any atom is 0.435 e. The van der Waals surface area contributed by atoms with Crippen molar-refractivity contribution in [3.8, 4) is 0 Å². The summed E-state index contributed by atoms with van der Waals surface area (Å²) in [7, 11) is 0. The average Bonchev–Trinajstić information content (AvgIpc) is 3.29. The third-order valence-corrected chi connectivity index (χ3v) is 7.79. The summed E-state index contributed by atoms with van der Waals surface area (Å²) < 4.78 is 41.6. The van der Waals surface area contributed by atoms with Gasteiger partial charge in [-0.3, -0.25) is 14.3 Å². The highest BCUT2D eigenvalue weighted by Crippen LogP contribution is 2.39. The summed E-state index contributed by atoms with van der Waals surface area (Å²) in [6.07, 6.45) is 1.39. The normalized spacial score (nSPS) is 18.3. The summed E-state index contributed by atoms with van der Waals surface area (Å²) in [6, 6.07) is 0.0663. The number of rotatable bonds is 5. The fraction of sp³-hybridized carbons (Fsp3) is 0.591. The van der Waals surface area contributed by atoms with Crippen molar-refractivity contribution >= 4 is 28.2 Å². The maximum absolute atomic E-state index is 13.5. The number of halogens is 3. The molecule has 0 unspecified atom stereocenters. The first kappa shape index (κ1) is 22.4. The van der Waals surface area contributed by atoms with Crippen LogP contribution in [0.25, 0.3) is 0 Å². The smallest absolute Gasteiger partial charge is 0.347 e. The van der Waals surface area contributed by atoms with Crippen LogP contribution >= 0.6 is 11.3 Å². The molecule has 0 aromatic carbocycles. The molecule has 0 bridgehead atoms. The number of thiophene rings is 1. The molecule has 2 aromatic rings. The average molecular weight is 482 g/mol. The number of aromatic nitrogens is 2. The highest BCUT2D eigenvalue weighted by Gasteiger charge is 2.39. The molecule has 3 aliphatic rings. The lowest BCUT2D eigenvalue weighted by atomic mass is 9.95. The summed E-state index contributed by atoms with van der Waals surface area (Å²) in [5.74, 6) is -0.676. The van der Waals surface area contributed by atoms with Crippen molar-refractivity contribution in [2.75, 3.05) is 18.4 Å². The SMILES string of the molecule is O=C(Cn1nc(C(F)(F)F)c2c1CCCC2)Nc1sc2c(c1C(=O)NC1CNC1)CCCC2. The van der Waals surface area contributed by atoms with Gasteiger partial charge in [0, 0.05) is 29.2 Å². The van der Waals surface area contributed by atoms with Crippen LogP contribution in [0.5, 0.6) is 0 Å². The number of anilines is 1. The molecule has 0 saturated carbocycles. The molecule has 2 amide bonds. The number of carbonyl (C=O) groups is 2. The van der Waals surface area contributed by atoms with Gasteiger partial charge in [0.1, 0.15) is 11.5 Å². The second-order valence-electron chi connectivity index (χ2n) is 8.93. The lowest BCUT2D eigenvalue weighted by Crippen LogP contribution is -2.57. The molecule has 33 heavy (non-hydrogen) atoms. The van der Waals surface area contributed by atoms with Crippen LogP contribution in [0.3, 0.4) is 0 Å². The second-order valence-corrected chi connectivity index (χ2v) is 10.0. The van der Waals surface area contributed by atoms with Crippen LogP contribution in [-0.4, -0.2) is 40.7 Å². The molecule has 1 saturated heterocycles. The van der Waals surface area contributed by atoms with Gasteiger partial charge < -0.3 is 16.0 Å². The van der Waals surface area contributed by atoms with Gasteiger partial charge >= 0.3 is 6.18 Å². The quantitative estimate of drug-likeness (QED) is 0.613. The first-order chi connectivity index (χ1) is 15.8. The molecule has 3 N–H and O–H groups in total. The Morgan fingerprint density at radius 2 is 1.76 bits per heavy atom. The molecule has 2 aliphatic carbocycles. The zero-order chi connectivity index (χ0) is 23.2. The predicted molar refractivity (Wildman–Crippen MR) is 118 cm³/mol. The zero-order valence-electron chi connectivity index (χ0n) is 18.1. The second kappa shape index (κ2) is 8.75. The molecule has 3 heterocycles. The van der Waals surface area contributed by atoms with Gasteiger partial charge in [-0.15, -0.1) is 11.3 Å². The van der Waals surface area contributed by atoms with Crippen LogP contribution in [-0.2, 0) is 43.2 Å². The predicted octanol–water partition coefficient (Wildman–Crippen LogP) is 3.06. The van der Waals surface area contributed by atoms with Crippen LogP contribution in [0.1, 0.15) is 63.4 Å². The van der Waals surface area contributed by atoms with Crippen LogP contribution in [0.2, 0.25) is 0 Å². The Hall–Kier alpha value is -2.40. The molecule has 0 atom stereocenters. The van der Waals surface area contributed by atoms with Crippen LogP contribution < -0.4 is 16.0 Å². The number of hydrogen-bond acceptors (Lipinski definition) is 5. The number of carbonyl (C=O) groups excluding carboxylic acids is 2. The minimum Gasteiger partial charge on any atom is -0.347 e. The summed E-state index contributed by atoms with van der Waals surface area (Å²) in [5.41, 5.74) is 1.31. The van der Waals surface area contributed by atoms with Crippen molar-refractivity contribution in [1.82, 2.24) is 20.4 Å². The molecule has 2 aromatic heterocycles. The van der Waals surface area contributed by atoms with E-state index in [9.17, 15) is 22.8 Å². The van der Waals surface area contributed by atoms with Gasteiger partial charge in [0.05, 0.1) is 11.6 Å². The van der Waals surface area contributed by atoms with E-state index in [2.05, 4.69) is 21.0 Å². The molecule has 11 heteroatoms. The van der Waals surface area contributed by atoms with Crippen LogP contribution in [0, 0.1) is 0 Å². The van der Waals surface area contributed by atoms with Gasteiger partial charge in [-0.05, 0) is 56.9 Å². The van der Waals surface area contributed by atoms with E-state index in [0.717, 1.165) is 42.5 Å². The first-order valence-electron chi connectivity index (χ1n) is 11.4. The van der Waals surface area contributed by atoms with Gasteiger partial charge in [-0.2, -0.15) is 18.3 Å². The van der Waals surface area contributed by atoms with E-state index >= 15 is 0 Å². The highest BCUT2D eigenvalue weighted by molar-refractivity contribution is 7.17. The van der Waals surface area contributed by atoms with Crippen LogP contribution in [0.4, 0.5) is 18.2 Å². The standard InChI is InChI=1S/C22H26F3N5O2S/c23-22(24,25)19-13-5-1-3-7-15(13)30(29-19)11-17(31)28-21-18(20(32)27-12-9-26-10-12)14-6-2-4-8-16(14)33-21/h12,26H,1-11H2,(H,27,32)(H,28,31). The molecule has 0 radical (unpaired) electrons. The Labute approximate surface area is 193 Å². The minimum absolute atomic E-state index is 0.0663. The summed E-state index contributed by atoms with van der Waals surface area (Å²) in [5, 5.41) is 13.2. The monoisotopic (exact) mass is 481 g/mol. The molecule has 0 spiro atoms. The molecular formula is C22H26F3N5O2S. The summed E-state index contributed by atoms with van der Waals surface area (Å²) >= 11 is 1.40. The number of nitrogens with one attached hydrogen (secondary N) is 3. The van der Waals surface area contributed by atoms with Gasteiger partial charge in [0.2, 0.25) is 5.91 Å². The van der Waals surface area contributed by atoms with E-state index in [4.69, 9.17) is 0 Å². The van der Waals surface area contributed by atoms with Crippen molar-refractivity contribution in [2.24, 2.45) is 0 Å². The lowest BCUT2D eigenvalue weighted by molar-refractivity contribution is -0.142. The molecule has 5 rings (SSSR count). The Bertz CT molecular complexity index is 1090. The van der Waals surface area contributed by atoms with Crippen molar-refractivity contribution < 1.29 is 22.8 Å². The number of nitrogens with zero attached hydrogens (tertiary/aromatic N) is 2. The Morgan fingerprint density at radius 1 is 1.06 bits per heavy atom. The third-order valence-electron chi connectivity index (χ3n) is 6.59. The van der Waals surface area contributed by atoms with E-state index in [1.54, 1.807) is 0 Å². The molecule has 7 nitrogen and oxygen atoms in total. The zero-order valence-corrected chi connectivity index (χ0v) is 18.9. The van der Waals surface area contributed by atoms with Crippen molar-refractivity contribution in [3.63, 3.8) is 0 Å². The Kier molecular flexibility index (Phi) is 5.94. The van der Waals surface area contributed by atoms with Crippen LogP contribution in [0.15, 0.2) is 0 Å². The number of amides is 2. The summed E-state index contributed by atoms with van der Waals surface area (Å²) in [4.78, 5) is 27.0. The Morgan fingerprint density at radius 3 is 2.45 bits per heavy atom. The number of fused-ring (bicyclic) bond motifs is 2. The molecular weight excluding hydrogens is 455 g/mol. The van der Waals surface area contributed by atoms with E-state index in [0.29, 0.717) is 48.6 Å². The lowest BCUT2D eigenvalue weighted by Gasteiger charge is -2.28. The fourth-order valence-electron chi connectivity index (χ4n) is 4.87. The number of hydrogen-bond donors (Lipinski definition) is 3. The number of aryl methyl sites for hydroxylation is 1.